The van der Waals surface area contributed by atoms with E-state index in [1.807, 2.05) is 18.5 Å². The van der Waals surface area contributed by atoms with Crippen LogP contribution < -0.4 is 5.32 Å². The smallest absolute Gasteiger partial charge is 0.322 e. The van der Waals surface area contributed by atoms with Crippen LogP contribution in [0.25, 0.3) is 0 Å². The third-order valence-corrected chi connectivity index (χ3v) is 3.90. The Kier molecular flexibility index (Phi) is 5.14. The molecule has 0 aliphatic rings. The van der Waals surface area contributed by atoms with Crippen LogP contribution in [0.1, 0.15) is 17.8 Å². The van der Waals surface area contributed by atoms with Crippen LogP contribution in [0.3, 0.4) is 0 Å². The number of hydrogen-bond donors (Lipinski definition) is 1. The normalized spacial score (nSPS) is 12.5. The van der Waals surface area contributed by atoms with Crippen LogP contribution in [0.4, 0.5) is 0 Å². The molecule has 6 heteroatoms. The number of rotatable bonds is 5. The molecule has 1 unspecified atom stereocenters. The third kappa shape index (κ3) is 3.29. The van der Waals surface area contributed by atoms with Crippen LogP contribution in [0.5, 0.6) is 0 Å². The molecule has 0 aromatic carbocycles. The lowest BCUT2D eigenvalue weighted by atomic mass is 10.2. The van der Waals surface area contributed by atoms with Crippen molar-refractivity contribution in [3.63, 3.8) is 0 Å². The van der Waals surface area contributed by atoms with Gasteiger partial charge in [-0.1, -0.05) is 0 Å². The standard InChI is InChI=1S/C11H18BrN3O2/c1-7-10(12)8(2)15(14-7)6-5-9(13-3)11(16)17-4/h9,13H,5-6H2,1-4H3. The SMILES string of the molecule is CNC(CCn1nc(C)c(Br)c1C)C(=O)OC. The zero-order chi connectivity index (χ0) is 13.0. The number of aromatic nitrogens is 2. The van der Waals surface area contributed by atoms with E-state index in [9.17, 15) is 4.79 Å². The predicted molar refractivity (Wildman–Crippen MR) is 68.9 cm³/mol. The molecule has 1 N–H and O–H groups in total. The number of carbonyl (C=O) groups is 1. The maximum Gasteiger partial charge on any atom is 0.322 e. The van der Waals surface area contributed by atoms with Gasteiger partial charge in [-0.3, -0.25) is 9.48 Å². The molecule has 96 valence electrons. The number of nitrogens with zero attached hydrogens (tertiary/aromatic N) is 2. The first-order valence-electron chi connectivity index (χ1n) is 5.45. The van der Waals surface area contributed by atoms with Crippen molar-refractivity contribution < 1.29 is 9.53 Å². The number of likely N-dealkylation sites (N-methyl/N-ethyl adjacent to an activating group) is 1. The molecule has 1 aromatic rings. The van der Waals surface area contributed by atoms with Crippen LogP contribution >= 0.6 is 15.9 Å². The highest BCUT2D eigenvalue weighted by atomic mass is 79.9. The maximum atomic E-state index is 11.4. The maximum absolute atomic E-state index is 11.4. The number of nitrogens with one attached hydrogen (secondary N) is 1. The fourth-order valence-corrected chi connectivity index (χ4v) is 1.95. The van der Waals surface area contributed by atoms with E-state index in [-0.39, 0.29) is 12.0 Å². The van der Waals surface area contributed by atoms with Gasteiger partial charge in [0.1, 0.15) is 6.04 Å². The molecule has 0 saturated heterocycles. The summed E-state index contributed by atoms with van der Waals surface area (Å²) in [5.41, 5.74) is 2.03. The molecule has 5 nitrogen and oxygen atoms in total. The second kappa shape index (κ2) is 6.16. The average molecular weight is 304 g/mol. The minimum absolute atomic E-state index is 0.243. The first-order valence-corrected chi connectivity index (χ1v) is 6.25. The monoisotopic (exact) mass is 303 g/mol. The van der Waals surface area contributed by atoms with Crippen LogP contribution in [-0.2, 0) is 16.1 Å². The fraction of sp³-hybridized carbons (Fsp3) is 0.636. The van der Waals surface area contributed by atoms with E-state index in [0.717, 1.165) is 15.9 Å². The Balaban J connectivity index is 2.66. The zero-order valence-electron chi connectivity index (χ0n) is 10.6. The lowest BCUT2D eigenvalue weighted by Gasteiger charge is -2.13. The fourth-order valence-electron chi connectivity index (χ4n) is 1.67. The Bertz CT molecular complexity index is 404. The molecule has 0 aliphatic carbocycles. The van der Waals surface area contributed by atoms with Gasteiger partial charge in [-0.25, -0.2) is 0 Å². The van der Waals surface area contributed by atoms with E-state index >= 15 is 0 Å². The van der Waals surface area contributed by atoms with Gasteiger partial charge in [0.25, 0.3) is 0 Å². The largest absolute Gasteiger partial charge is 0.468 e. The van der Waals surface area contributed by atoms with E-state index in [2.05, 4.69) is 26.3 Å². The zero-order valence-corrected chi connectivity index (χ0v) is 12.2. The van der Waals surface area contributed by atoms with Gasteiger partial charge in [-0.05, 0) is 43.2 Å². The molecule has 1 atom stereocenters. The van der Waals surface area contributed by atoms with Crippen molar-refractivity contribution in [3.05, 3.63) is 15.9 Å². The number of methoxy groups -OCH3 is 1. The number of ether oxygens (including phenoxy) is 1. The van der Waals surface area contributed by atoms with Crippen molar-refractivity contribution in [2.45, 2.75) is 32.9 Å². The molecule has 1 aromatic heterocycles. The van der Waals surface area contributed by atoms with Gasteiger partial charge >= 0.3 is 5.97 Å². The second-order valence-electron chi connectivity index (χ2n) is 3.86. The molecular weight excluding hydrogens is 286 g/mol. The summed E-state index contributed by atoms with van der Waals surface area (Å²) < 4.78 is 7.63. The lowest BCUT2D eigenvalue weighted by molar-refractivity contribution is -0.143. The highest BCUT2D eigenvalue weighted by Gasteiger charge is 2.17. The molecule has 17 heavy (non-hydrogen) atoms. The molecule has 0 saturated carbocycles. The molecule has 1 heterocycles. The molecule has 1 rings (SSSR count). The minimum Gasteiger partial charge on any atom is -0.468 e. The van der Waals surface area contributed by atoms with Crippen molar-refractivity contribution in [1.82, 2.24) is 15.1 Å². The van der Waals surface area contributed by atoms with E-state index in [1.54, 1.807) is 7.05 Å². The van der Waals surface area contributed by atoms with Crippen molar-refractivity contribution >= 4 is 21.9 Å². The Labute approximate surface area is 110 Å². The molecule has 0 aliphatic heterocycles. The number of hydrogen-bond acceptors (Lipinski definition) is 4. The van der Waals surface area contributed by atoms with Gasteiger partial charge in [-0.15, -0.1) is 0 Å². The van der Waals surface area contributed by atoms with Gasteiger partial charge in [0, 0.05) is 12.2 Å². The topological polar surface area (TPSA) is 56.2 Å². The molecule has 0 amide bonds. The first kappa shape index (κ1) is 14.2. The summed E-state index contributed by atoms with van der Waals surface area (Å²) in [4.78, 5) is 11.4. The van der Waals surface area contributed by atoms with Gasteiger partial charge in [-0.2, -0.15) is 5.10 Å². The molecular formula is C11H18BrN3O2. The summed E-state index contributed by atoms with van der Waals surface area (Å²) in [5, 5.41) is 7.33. The third-order valence-electron chi connectivity index (χ3n) is 2.76. The first-order chi connectivity index (χ1) is 8.01. The van der Waals surface area contributed by atoms with E-state index in [0.29, 0.717) is 13.0 Å². The van der Waals surface area contributed by atoms with Gasteiger partial charge in [0.15, 0.2) is 0 Å². The lowest BCUT2D eigenvalue weighted by Crippen LogP contribution is -2.36. The van der Waals surface area contributed by atoms with E-state index in [1.165, 1.54) is 7.11 Å². The number of esters is 1. The molecule has 0 radical (unpaired) electrons. The number of aryl methyl sites for hydroxylation is 2. The Morgan fingerprint density at radius 3 is 2.65 bits per heavy atom. The Morgan fingerprint density at radius 2 is 2.24 bits per heavy atom. The predicted octanol–water partition coefficient (Wildman–Crippen LogP) is 1.41. The molecule has 0 spiro atoms. The highest BCUT2D eigenvalue weighted by Crippen LogP contribution is 2.20. The number of halogens is 1. The average Bonchev–Trinajstić information content (AvgIpc) is 2.57. The summed E-state index contributed by atoms with van der Waals surface area (Å²) in [7, 11) is 3.14. The van der Waals surface area contributed by atoms with Crippen LogP contribution in [0, 0.1) is 13.8 Å². The quantitative estimate of drug-likeness (QED) is 0.836. The van der Waals surface area contributed by atoms with Gasteiger partial charge in [0.2, 0.25) is 0 Å². The number of carbonyl (C=O) groups excluding carboxylic acids is 1. The van der Waals surface area contributed by atoms with Crippen molar-refractivity contribution in [3.8, 4) is 0 Å². The molecule has 0 bridgehead atoms. The van der Waals surface area contributed by atoms with Crippen molar-refractivity contribution in [2.75, 3.05) is 14.2 Å². The van der Waals surface area contributed by atoms with E-state index < -0.39 is 0 Å². The summed E-state index contributed by atoms with van der Waals surface area (Å²) in [5.74, 6) is -0.243. The van der Waals surface area contributed by atoms with Crippen molar-refractivity contribution in [2.24, 2.45) is 0 Å². The Hall–Kier alpha value is -0.880. The van der Waals surface area contributed by atoms with Crippen LogP contribution in [0.15, 0.2) is 4.47 Å². The van der Waals surface area contributed by atoms with Gasteiger partial charge < -0.3 is 10.1 Å². The highest BCUT2D eigenvalue weighted by molar-refractivity contribution is 9.10. The minimum atomic E-state index is -0.289. The summed E-state index contributed by atoms with van der Waals surface area (Å²) >= 11 is 3.48. The second-order valence-corrected chi connectivity index (χ2v) is 4.65. The van der Waals surface area contributed by atoms with Crippen LogP contribution in [0.2, 0.25) is 0 Å². The Morgan fingerprint density at radius 1 is 1.59 bits per heavy atom. The van der Waals surface area contributed by atoms with Crippen LogP contribution in [-0.4, -0.2) is 35.9 Å². The summed E-state index contributed by atoms with van der Waals surface area (Å²) in [6.45, 7) is 4.62. The van der Waals surface area contributed by atoms with Crippen molar-refractivity contribution in [1.29, 1.82) is 0 Å². The summed E-state index contributed by atoms with van der Waals surface area (Å²) in [6, 6.07) is -0.289. The van der Waals surface area contributed by atoms with Gasteiger partial charge in [0.05, 0.1) is 17.3 Å². The van der Waals surface area contributed by atoms with E-state index in [4.69, 9.17) is 4.74 Å². The summed E-state index contributed by atoms with van der Waals surface area (Å²) in [6.07, 6.45) is 0.650. The molecule has 0 fully saturated rings.